The standard InChI is InChI=1S/C20H21ClN2O2S2/c1-14-3-2-4-16(9-14)11-26-20-22-18-12-27(24,25)13-19(18)23(20)10-15-5-7-17(21)8-6-15/h2-9,18-19H,10-13H2,1H3/t18-,19-/m0/s1. The van der Waals surface area contributed by atoms with Crippen molar-refractivity contribution in [3.8, 4) is 0 Å². The van der Waals surface area contributed by atoms with Crippen molar-refractivity contribution in [1.82, 2.24) is 4.90 Å². The summed E-state index contributed by atoms with van der Waals surface area (Å²) < 4.78 is 24.2. The lowest BCUT2D eigenvalue weighted by molar-refractivity contribution is 0.343. The lowest BCUT2D eigenvalue weighted by Crippen LogP contribution is -2.38. The molecular weight excluding hydrogens is 400 g/mol. The van der Waals surface area contributed by atoms with E-state index in [4.69, 9.17) is 16.6 Å². The summed E-state index contributed by atoms with van der Waals surface area (Å²) in [5, 5.41) is 1.64. The van der Waals surface area contributed by atoms with Gasteiger partial charge in [0.2, 0.25) is 0 Å². The molecule has 27 heavy (non-hydrogen) atoms. The molecule has 0 radical (unpaired) electrons. The third kappa shape index (κ3) is 4.33. The van der Waals surface area contributed by atoms with E-state index >= 15 is 0 Å². The summed E-state index contributed by atoms with van der Waals surface area (Å²) >= 11 is 7.68. The Hall–Kier alpha value is -1.50. The largest absolute Gasteiger partial charge is 0.341 e. The molecule has 4 rings (SSSR count). The van der Waals surface area contributed by atoms with Crippen LogP contribution in [0, 0.1) is 6.92 Å². The van der Waals surface area contributed by atoms with E-state index in [1.54, 1.807) is 11.8 Å². The van der Waals surface area contributed by atoms with Crippen molar-refractivity contribution in [3.63, 3.8) is 0 Å². The first kappa shape index (κ1) is 18.8. The maximum Gasteiger partial charge on any atom is 0.160 e. The van der Waals surface area contributed by atoms with Gasteiger partial charge in [0.25, 0.3) is 0 Å². The molecule has 4 nitrogen and oxygen atoms in total. The number of hydrogen-bond acceptors (Lipinski definition) is 5. The molecule has 0 saturated carbocycles. The number of amidine groups is 1. The van der Waals surface area contributed by atoms with Crippen LogP contribution in [0.5, 0.6) is 0 Å². The van der Waals surface area contributed by atoms with E-state index in [1.165, 1.54) is 11.1 Å². The minimum Gasteiger partial charge on any atom is -0.341 e. The number of hydrogen-bond donors (Lipinski definition) is 0. The molecule has 142 valence electrons. The van der Waals surface area contributed by atoms with Crippen molar-refractivity contribution in [2.75, 3.05) is 11.5 Å². The van der Waals surface area contributed by atoms with Crippen LogP contribution in [-0.2, 0) is 22.1 Å². The van der Waals surface area contributed by atoms with Crippen LogP contribution < -0.4 is 0 Å². The number of aryl methyl sites for hydroxylation is 1. The molecule has 7 heteroatoms. The molecule has 0 aromatic heterocycles. The van der Waals surface area contributed by atoms with Gasteiger partial charge < -0.3 is 4.90 Å². The molecular formula is C20H21ClN2O2S2. The second-order valence-corrected chi connectivity index (χ2v) is 10.7. The Labute approximate surface area is 169 Å². The van der Waals surface area contributed by atoms with Crippen molar-refractivity contribution in [2.24, 2.45) is 4.99 Å². The summed E-state index contributed by atoms with van der Waals surface area (Å²) in [6.07, 6.45) is 0. The minimum atomic E-state index is -3.01. The Morgan fingerprint density at radius 3 is 2.67 bits per heavy atom. The highest BCUT2D eigenvalue weighted by atomic mass is 35.5. The van der Waals surface area contributed by atoms with Gasteiger partial charge in [0, 0.05) is 17.3 Å². The first-order valence-electron chi connectivity index (χ1n) is 8.87. The Balaban J connectivity index is 1.54. The Kier molecular flexibility index (Phi) is 5.23. The summed E-state index contributed by atoms with van der Waals surface area (Å²) in [4.78, 5) is 6.94. The molecule has 2 atom stereocenters. The number of halogens is 1. The van der Waals surface area contributed by atoms with Gasteiger partial charge in [0.15, 0.2) is 15.0 Å². The smallest absolute Gasteiger partial charge is 0.160 e. The fourth-order valence-electron chi connectivity index (χ4n) is 3.63. The number of nitrogens with zero attached hydrogens (tertiary/aromatic N) is 2. The zero-order valence-corrected chi connectivity index (χ0v) is 17.4. The van der Waals surface area contributed by atoms with E-state index in [0.29, 0.717) is 11.6 Å². The molecule has 1 fully saturated rings. The molecule has 0 spiro atoms. The number of rotatable bonds is 4. The van der Waals surface area contributed by atoms with Crippen LogP contribution in [0.25, 0.3) is 0 Å². The number of sulfone groups is 1. The van der Waals surface area contributed by atoms with Crippen molar-refractivity contribution in [3.05, 3.63) is 70.2 Å². The molecule has 1 saturated heterocycles. The predicted octanol–water partition coefficient (Wildman–Crippen LogP) is 3.92. The number of thioether (sulfide) groups is 1. The fraction of sp³-hybridized carbons (Fsp3) is 0.350. The van der Waals surface area contributed by atoms with Crippen LogP contribution in [0.3, 0.4) is 0 Å². The Morgan fingerprint density at radius 1 is 1.15 bits per heavy atom. The predicted molar refractivity (Wildman–Crippen MR) is 113 cm³/mol. The summed E-state index contributed by atoms with van der Waals surface area (Å²) in [6.45, 7) is 2.73. The van der Waals surface area contributed by atoms with Gasteiger partial charge in [-0.3, -0.25) is 4.99 Å². The molecule has 2 aromatic carbocycles. The van der Waals surface area contributed by atoms with Crippen LogP contribution in [0.1, 0.15) is 16.7 Å². The minimum absolute atomic E-state index is 0.0642. The summed E-state index contributed by atoms with van der Waals surface area (Å²) in [5.74, 6) is 1.16. The van der Waals surface area contributed by atoms with E-state index in [9.17, 15) is 8.42 Å². The normalized spacial score (nSPS) is 23.3. The van der Waals surface area contributed by atoms with Crippen LogP contribution in [-0.4, -0.2) is 42.1 Å². The number of aliphatic imine (C=N–C) groups is 1. The summed E-state index contributed by atoms with van der Waals surface area (Å²) in [7, 11) is -3.01. The molecule has 0 amide bonds. The van der Waals surface area contributed by atoms with Crippen molar-refractivity contribution < 1.29 is 8.42 Å². The average molecular weight is 421 g/mol. The first-order valence-corrected chi connectivity index (χ1v) is 12.1. The lowest BCUT2D eigenvalue weighted by Gasteiger charge is -2.26. The average Bonchev–Trinajstić information content (AvgIpc) is 3.07. The molecule has 0 unspecified atom stereocenters. The lowest BCUT2D eigenvalue weighted by atomic mass is 10.1. The van der Waals surface area contributed by atoms with Crippen LogP contribution in [0.15, 0.2) is 53.5 Å². The molecule has 0 bridgehead atoms. The quantitative estimate of drug-likeness (QED) is 0.752. The monoisotopic (exact) mass is 420 g/mol. The van der Waals surface area contributed by atoms with Gasteiger partial charge in [-0.1, -0.05) is 65.3 Å². The van der Waals surface area contributed by atoms with Crippen molar-refractivity contribution in [2.45, 2.75) is 31.3 Å². The first-order chi connectivity index (χ1) is 12.9. The van der Waals surface area contributed by atoms with E-state index in [0.717, 1.165) is 16.5 Å². The third-order valence-corrected chi connectivity index (χ3v) is 7.96. The number of benzene rings is 2. The second kappa shape index (κ2) is 7.49. The van der Waals surface area contributed by atoms with E-state index in [1.807, 2.05) is 24.3 Å². The SMILES string of the molecule is Cc1cccc(CSC2=N[C@H]3CS(=O)(=O)C[C@@H]3N2Cc2ccc(Cl)cc2)c1. The van der Waals surface area contributed by atoms with E-state index < -0.39 is 9.84 Å². The molecule has 2 aromatic rings. The maximum absolute atomic E-state index is 12.1. The van der Waals surface area contributed by atoms with Gasteiger partial charge in [0.1, 0.15) is 0 Å². The molecule has 2 heterocycles. The molecule has 2 aliphatic rings. The Bertz CT molecular complexity index is 974. The van der Waals surface area contributed by atoms with Gasteiger partial charge >= 0.3 is 0 Å². The van der Waals surface area contributed by atoms with E-state index in [2.05, 4.69) is 36.1 Å². The molecule has 0 aliphatic carbocycles. The van der Waals surface area contributed by atoms with Crippen LogP contribution in [0.4, 0.5) is 0 Å². The molecule has 0 N–H and O–H groups in total. The highest BCUT2D eigenvalue weighted by Gasteiger charge is 2.46. The second-order valence-electron chi connectivity index (χ2n) is 7.16. The third-order valence-electron chi connectivity index (χ3n) is 4.93. The number of fused-ring (bicyclic) bond motifs is 1. The van der Waals surface area contributed by atoms with Gasteiger partial charge in [-0.15, -0.1) is 0 Å². The van der Waals surface area contributed by atoms with E-state index in [-0.39, 0.29) is 23.6 Å². The Morgan fingerprint density at radius 2 is 1.93 bits per heavy atom. The van der Waals surface area contributed by atoms with Gasteiger partial charge in [-0.05, 0) is 30.2 Å². The van der Waals surface area contributed by atoms with Crippen LogP contribution in [0.2, 0.25) is 5.02 Å². The van der Waals surface area contributed by atoms with Crippen molar-refractivity contribution >= 4 is 38.4 Å². The maximum atomic E-state index is 12.1. The fourth-order valence-corrected chi connectivity index (χ4v) is 6.68. The van der Waals surface area contributed by atoms with Gasteiger partial charge in [-0.25, -0.2) is 8.42 Å². The summed E-state index contributed by atoms with van der Waals surface area (Å²) in [5.41, 5.74) is 3.59. The topological polar surface area (TPSA) is 49.7 Å². The van der Waals surface area contributed by atoms with Crippen molar-refractivity contribution in [1.29, 1.82) is 0 Å². The zero-order chi connectivity index (χ0) is 19.0. The van der Waals surface area contributed by atoms with Crippen LogP contribution >= 0.6 is 23.4 Å². The molecule has 2 aliphatic heterocycles. The van der Waals surface area contributed by atoms with Gasteiger partial charge in [0.05, 0.1) is 23.6 Å². The highest BCUT2D eigenvalue weighted by molar-refractivity contribution is 8.13. The summed E-state index contributed by atoms with van der Waals surface area (Å²) in [6, 6.07) is 15.9. The zero-order valence-electron chi connectivity index (χ0n) is 15.0. The highest BCUT2D eigenvalue weighted by Crippen LogP contribution is 2.33. The van der Waals surface area contributed by atoms with Gasteiger partial charge in [-0.2, -0.15) is 0 Å².